The Balaban J connectivity index is 1.55. The van der Waals surface area contributed by atoms with E-state index in [4.69, 9.17) is 24.2 Å². The first-order valence-corrected chi connectivity index (χ1v) is 22.4. The number of nitrogens with zero attached hydrogens (tertiary/aromatic N) is 4. The van der Waals surface area contributed by atoms with E-state index in [1.54, 1.807) is 24.4 Å². The van der Waals surface area contributed by atoms with Gasteiger partial charge in [-0.15, -0.1) is 5.54 Å². The van der Waals surface area contributed by atoms with E-state index < -0.39 is 25.9 Å². The zero-order valence-electron chi connectivity index (χ0n) is 33.9. The molecule has 2 aromatic carbocycles. The van der Waals surface area contributed by atoms with Crippen molar-refractivity contribution < 1.29 is 27.4 Å². The van der Waals surface area contributed by atoms with E-state index in [2.05, 4.69) is 68.7 Å². The van der Waals surface area contributed by atoms with Gasteiger partial charge in [0.1, 0.15) is 37.0 Å². The van der Waals surface area contributed by atoms with Crippen molar-refractivity contribution in [3.8, 4) is 34.5 Å². The maximum atomic E-state index is 17.5. The van der Waals surface area contributed by atoms with Crippen LogP contribution in [0.3, 0.4) is 0 Å². The summed E-state index contributed by atoms with van der Waals surface area (Å²) in [5.41, 5.74) is 8.55. The van der Waals surface area contributed by atoms with Gasteiger partial charge in [0.25, 0.3) is 0 Å². The molecule has 4 heterocycles. The Kier molecular flexibility index (Phi) is 13.8. The lowest BCUT2D eigenvalue weighted by Gasteiger charge is -2.38. The van der Waals surface area contributed by atoms with Crippen LogP contribution < -0.4 is 25.2 Å². The summed E-state index contributed by atoms with van der Waals surface area (Å²) in [7, 11) is -0.762. The number of anilines is 1. The number of fused-ring (bicyclic) bond motifs is 2. The van der Waals surface area contributed by atoms with Gasteiger partial charge in [-0.2, -0.15) is 9.97 Å². The zero-order chi connectivity index (χ0) is 40.0. The number of halogens is 3. The summed E-state index contributed by atoms with van der Waals surface area (Å²) >= 11 is 0. The van der Waals surface area contributed by atoms with Crippen LogP contribution in [0.1, 0.15) is 85.6 Å². The first kappa shape index (κ1) is 41.7. The van der Waals surface area contributed by atoms with Crippen LogP contribution in [0, 0.1) is 29.0 Å². The highest BCUT2D eigenvalue weighted by molar-refractivity contribution is 6.90. The van der Waals surface area contributed by atoms with Crippen LogP contribution in [-0.4, -0.2) is 75.9 Å². The van der Waals surface area contributed by atoms with Crippen LogP contribution in [0.15, 0.2) is 30.5 Å². The fraction of sp³-hybridized carbons (Fsp3) is 0.558. The number of rotatable bonds is 11. The number of pyridine rings is 1. The van der Waals surface area contributed by atoms with Gasteiger partial charge in [-0.05, 0) is 84.8 Å². The Hall–Kier alpha value is -3.96. The molecule has 0 saturated carbocycles. The van der Waals surface area contributed by atoms with E-state index in [9.17, 15) is 4.39 Å². The predicted molar refractivity (Wildman–Crippen MR) is 220 cm³/mol. The Morgan fingerprint density at radius 3 is 2.50 bits per heavy atom. The molecule has 0 amide bonds. The van der Waals surface area contributed by atoms with E-state index >= 15 is 8.78 Å². The second-order valence-electron chi connectivity index (χ2n) is 16.2. The first-order valence-electron chi connectivity index (χ1n) is 20.2. The molecular weight excluding hydrogens is 734 g/mol. The van der Waals surface area contributed by atoms with Gasteiger partial charge >= 0.3 is 6.01 Å². The van der Waals surface area contributed by atoms with Crippen molar-refractivity contribution in [2.45, 2.75) is 103 Å². The minimum absolute atomic E-state index is 0.00202. The van der Waals surface area contributed by atoms with Gasteiger partial charge in [-0.3, -0.25) is 9.99 Å². The predicted octanol–water partition coefficient (Wildman–Crippen LogP) is 9.28. The quantitative estimate of drug-likeness (QED) is 0.0877. The normalized spacial score (nSPS) is 18.6. The largest absolute Gasteiger partial charge is 0.468 e. The monoisotopic (exact) mass is 790 g/mol. The highest BCUT2D eigenvalue weighted by Crippen LogP contribution is 2.42. The van der Waals surface area contributed by atoms with Crippen molar-refractivity contribution in [1.82, 2.24) is 25.7 Å². The van der Waals surface area contributed by atoms with Gasteiger partial charge in [-0.25, -0.2) is 18.6 Å². The molecule has 0 unspecified atom stereocenters. The smallest absolute Gasteiger partial charge is 0.319 e. The molecule has 2 aromatic heterocycles. The van der Waals surface area contributed by atoms with E-state index in [0.717, 1.165) is 45.2 Å². The fourth-order valence-electron chi connectivity index (χ4n) is 8.74. The van der Waals surface area contributed by atoms with Crippen molar-refractivity contribution in [1.29, 1.82) is 0 Å². The molecule has 6 rings (SSSR count). The molecule has 0 spiro atoms. The molecule has 13 heteroatoms. The zero-order valence-corrected chi connectivity index (χ0v) is 34.9. The van der Waals surface area contributed by atoms with Crippen molar-refractivity contribution in [2.24, 2.45) is 5.92 Å². The molecule has 2 aliphatic heterocycles. The highest BCUT2D eigenvalue weighted by atomic mass is 28.3. The van der Waals surface area contributed by atoms with E-state index in [-0.39, 0.29) is 42.1 Å². The number of aromatic nitrogens is 3. The molecule has 4 aromatic rings. The Morgan fingerprint density at radius 1 is 0.964 bits per heavy atom. The average Bonchev–Trinajstić information content (AvgIpc) is 3.45. The van der Waals surface area contributed by atoms with E-state index in [1.165, 1.54) is 13.2 Å². The van der Waals surface area contributed by atoms with Gasteiger partial charge < -0.3 is 19.5 Å². The summed E-state index contributed by atoms with van der Waals surface area (Å²) in [5, 5.41) is 6.51. The molecule has 0 radical (unpaired) electrons. The number of nitrogens with one attached hydrogen (secondary N) is 2. The Morgan fingerprint density at radius 2 is 1.75 bits per heavy atom. The van der Waals surface area contributed by atoms with Gasteiger partial charge in [0.15, 0.2) is 18.4 Å². The highest BCUT2D eigenvalue weighted by Gasteiger charge is 2.42. The first-order chi connectivity index (χ1) is 26.9. The van der Waals surface area contributed by atoms with Crippen LogP contribution in [0.25, 0.3) is 32.9 Å². The molecule has 2 atom stereocenters. The van der Waals surface area contributed by atoms with Gasteiger partial charge in [-0.1, -0.05) is 60.0 Å². The lowest BCUT2D eigenvalue weighted by atomic mass is 9.95. The second kappa shape index (κ2) is 18.5. The molecule has 0 bridgehead atoms. The maximum absolute atomic E-state index is 17.5. The van der Waals surface area contributed by atoms with E-state index in [0.29, 0.717) is 69.4 Å². The van der Waals surface area contributed by atoms with Crippen LogP contribution in [0.2, 0.25) is 16.6 Å². The standard InChI is InChI=1S/C43H57F3N6O3Si/c1-27(2)56(28(3)4,29(5)6)19-15-34-37(45)14-13-31-21-33(55-26-53-7)22-35(38(31)34)40-39(46)41-36(24-48-40)42(52-18-10-8-9-17-49-52)51-43(50-41)54-25-30-12-11-16-47-23-32(44)20-30/h13-14,21-22,24,27-30,32,47,49H,8-12,16-18,20,23,25-26H2,1-7H3/t30-,32-/m1/s1. The average molecular weight is 791 g/mol. The fourth-order valence-corrected chi connectivity index (χ4v) is 14.0. The SMILES string of the molecule is COCOc1cc(-c2ncc3c(N4CCCCCN4)nc(OC[C@@H]4CCCNC[C@H](F)C4)nc3c2F)c2c(C#C[Si](C(C)C)(C(C)C)C(C)C)c(F)ccc2c1. The molecule has 2 aliphatic rings. The second-order valence-corrected chi connectivity index (χ2v) is 21.8. The molecule has 56 heavy (non-hydrogen) atoms. The molecule has 2 saturated heterocycles. The molecule has 2 fully saturated rings. The third-order valence-corrected chi connectivity index (χ3v) is 17.8. The number of hydrazine groups is 1. The van der Waals surface area contributed by atoms with Crippen molar-refractivity contribution in [2.75, 3.05) is 51.7 Å². The maximum Gasteiger partial charge on any atom is 0.319 e. The molecule has 2 N–H and O–H groups in total. The van der Waals surface area contributed by atoms with Crippen LogP contribution in [0.4, 0.5) is 19.0 Å². The topological polar surface area (TPSA) is 93.7 Å². The Labute approximate surface area is 330 Å². The molecule has 302 valence electrons. The number of hydrogen-bond donors (Lipinski definition) is 2. The summed E-state index contributed by atoms with van der Waals surface area (Å²) in [6.07, 6.45) is 5.58. The minimum atomic E-state index is -2.28. The third-order valence-electron chi connectivity index (χ3n) is 11.5. The lowest BCUT2D eigenvalue weighted by Crippen LogP contribution is -2.43. The summed E-state index contributed by atoms with van der Waals surface area (Å²) in [6.45, 7) is 15.9. The van der Waals surface area contributed by atoms with Crippen molar-refractivity contribution in [3.63, 3.8) is 0 Å². The molecule has 9 nitrogen and oxygen atoms in total. The number of methoxy groups -OCH3 is 1. The van der Waals surface area contributed by atoms with Crippen LogP contribution >= 0.6 is 0 Å². The third kappa shape index (κ3) is 8.94. The van der Waals surface area contributed by atoms with Crippen LogP contribution in [-0.2, 0) is 4.74 Å². The Bertz CT molecular complexity index is 2030. The van der Waals surface area contributed by atoms with Gasteiger partial charge in [0, 0.05) is 43.9 Å². The summed E-state index contributed by atoms with van der Waals surface area (Å²) in [4.78, 5) is 14.2. The van der Waals surface area contributed by atoms with Crippen molar-refractivity contribution in [3.05, 3.63) is 47.7 Å². The van der Waals surface area contributed by atoms with Gasteiger partial charge in [0.05, 0.1) is 17.6 Å². The van der Waals surface area contributed by atoms with Crippen molar-refractivity contribution >= 4 is 35.6 Å². The number of ether oxygens (including phenoxy) is 3. The minimum Gasteiger partial charge on any atom is -0.468 e. The summed E-state index contributed by atoms with van der Waals surface area (Å²) in [5.74, 6) is 2.93. The summed E-state index contributed by atoms with van der Waals surface area (Å²) in [6, 6.07) is 6.50. The molecular formula is C43H57F3N6O3Si. The summed E-state index contributed by atoms with van der Waals surface area (Å²) < 4.78 is 65.5. The molecule has 0 aliphatic carbocycles. The number of benzene rings is 2. The van der Waals surface area contributed by atoms with Gasteiger partial charge in [0.2, 0.25) is 0 Å². The lowest BCUT2D eigenvalue weighted by molar-refractivity contribution is 0.0512. The number of alkyl halides is 1. The number of hydrogen-bond acceptors (Lipinski definition) is 9. The van der Waals surface area contributed by atoms with E-state index in [1.807, 2.05) is 5.01 Å². The van der Waals surface area contributed by atoms with Crippen LogP contribution in [0.5, 0.6) is 11.8 Å².